The van der Waals surface area contributed by atoms with Gasteiger partial charge in [0.2, 0.25) is 12.5 Å². The monoisotopic (exact) mass is 287 g/mol. The molecule has 2 aromatic rings. The lowest BCUT2D eigenvalue weighted by Gasteiger charge is -2.09. The summed E-state index contributed by atoms with van der Waals surface area (Å²) >= 11 is 0. The Balaban J connectivity index is 2.08. The van der Waals surface area contributed by atoms with E-state index in [1.54, 1.807) is 13.2 Å². The van der Waals surface area contributed by atoms with E-state index in [2.05, 4.69) is 16.9 Å². The summed E-state index contributed by atoms with van der Waals surface area (Å²) < 4.78 is 16.1. The van der Waals surface area contributed by atoms with Crippen LogP contribution < -0.4 is 19.9 Å². The van der Waals surface area contributed by atoms with Crippen LogP contribution in [0.25, 0.3) is 11.4 Å². The Bertz CT molecular complexity index is 673. The largest absolute Gasteiger partial charge is 0.493 e. The van der Waals surface area contributed by atoms with Crippen LogP contribution in [0.3, 0.4) is 0 Å². The van der Waals surface area contributed by atoms with Crippen molar-refractivity contribution in [2.45, 2.75) is 19.8 Å². The smallest absolute Gasteiger partial charge is 0.231 e. The third kappa shape index (κ3) is 2.56. The van der Waals surface area contributed by atoms with Gasteiger partial charge in [-0.2, -0.15) is 0 Å². The predicted molar refractivity (Wildman–Crippen MR) is 78.6 cm³/mol. The Hall–Kier alpha value is -2.50. The van der Waals surface area contributed by atoms with E-state index < -0.39 is 0 Å². The van der Waals surface area contributed by atoms with Gasteiger partial charge in [0.25, 0.3) is 0 Å². The molecule has 0 radical (unpaired) electrons. The molecule has 110 valence electrons. The van der Waals surface area contributed by atoms with E-state index in [1.807, 2.05) is 12.1 Å². The second kappa shape index (κ2) is 5.47. The molecule has 1 aromatic heterocycles. The van der Waals surface area contributed by atoms with Crippen molar-refractivity contribution in [1.29, 1.82) is 0 Å². The first-order valence-electron chi connectivity index (χ1n) is 6.82. The minimum Gasteiger partial charge on any atom is -0.493 e. The van der Waals surface area contributed by atoms with E-state index >= 15 is 0 Å². The van der Waals surface area contributed by atoms with Crippen molar-refractivity contribution in [3.05, 3.63) is 23.9 Å². The first-order chi connectivity index (χ1) is 10.2. The summed E-state index contributed by atoms with van der Waals surface area (Å²) in [6.45, 7) is 2.29. The van der Waals surface area contributed by atoms with Crippen molar-refractivity contribution in [3.63, 3.8) is 0 Å². The van der Waals surface area contributed by atoms with Gasteiger partial charge in [-0.25, -0.2) is 9.97 Å². The number of anilines is 1. The molecule has 0 aliphatic carbocycles. The third-order valence-corrected chi connectivity index (χ3v) is 3.22. The lowest BCUT2D eigenvalue weighted by molar-refractivity contribution is 0.171. The van der Waals surface area contributed by atoms with Gasteiger partial charge in [0, 0.05) is 17.3 Å². The molecule has 2 heterocycles. The van der Waals surface area contributed by atoms with Gasteiger partial charge in [-0.15, -0.1) is 0 Å². The summed E-state index contributed by atoms with van der Waals surface area (Å²) in [7, 11) is 1.59. The number of aromatic nitrogens is 2. The number of nitrogens with zero attached hydrogens (tertiary/aromatic N) is 2. The number of fused-ring (bicyclic) bond motifs is 1. The van der Waals surface area contributed by atoms with Crippen molar-refractivity contribution in [2.75, 3.05) is 19.6 Å². The molecule has 2 N–H and O–H groups in total. The average Bonchev–Trinajstić information content (AvgIpc) is 2.94. The zero-order valence-electron chi connectivity index (χ0n) is 12.0. The van der Waals surface area contributed by atoms with Crippen molar-refractivity contribution in [2.24, 2.45) is 0 Å². The molecule has 21 heavy (non-hydrogen) atoms. The highest BCUT2D eigenvalue weighted by atomic mass is 16.7. The quantitative estimate of drug-likeness (QED) is 0.930. The Labute approximate surface area is 122 Å². The number of hydrogen-bond donors (Lipinski definition) is 1. The first kappa shape index (κ1) is 13.5. The number of nitrogens with two attached hydrogens (primary N) is 1. The van der Waals surface area contributed by atoms with Gasteiger partial charge in [-0.3, -0.25) is 0 Å². The number of methoxy groups -OCH3 is 1. The van der Waals surface area contributed by atoms with Gasteiger partial charge in [0.05, 0.1) is 7.11 Å². The number of rotatable bonds is 4. The molecule has 1 aliphatic rings. The molecule has 0 saturated carbocycles. The van der Waals surface area contributed by atoms with Crippen molar-refractivity contribution < 1.29 is 14.2 Å². The van der Waals surface area contributed by atoms with E-state index in [0.29, 0.717) is 28.9 Å². The molecule has 1 aliphatic heterocycles. The Morgan fingerprint density at radius 3 is 2.86 bits per heavy atom. The van der Waals surface area contributed by atoms with Gasteiger partial charge in [-0.1, -0.05) is 13.3 Å². The van der Waals surface area contributed by atoms with Gasteiger partial charge < -0.3 is 19.9 Å². The molecule has 6 nitrogen and oxygen atoms in total. The summed E-state index contributed by atoms with van der Waals surface area (Å²) in [5.74, 6) is 2.87. The van der Waals surface area contributed by atoms with E-state index in [0.717, 1.165) is 24.1 Å². The molecular weight excluding hydrogens is 270 g/mol. The van der Waals surface area contributed by atoms with Crippen LogP contribution >= 0.6 is 0 Å². The summed E-state index contributed by atoms with van der Waals surface area (Å²) in [5.41, 5.74) is 7.59. The Kier molecular flexibility index (Phi) is 3.51. The molecular formula is C15H17N3O3. The fraction of sp³-hybridized carbons (Fsp3) is 0.333. The zero-order chi connectivity index (χ0) is 14.8. The van der Waals surface area contributed by atoms with Crippen molar-refractivity contribution >= 4 is 5.82 Å². The highest BCUT2D eigenvalue weighted by molar-refractivity contribution is 5.68. The van der Waals surface area contributed by atoms with Crippen LogP contribution in [0.1, 0.15) is 19.0 Å². The second-order valence-corrected chi connectivity index (χ2v) is 4.77. The molecule has 0 saturated heterocycles. The van der Waals surface area contributed by atoms with Gasteiger partial charge >= 0.3 is 0 Å². The fourth-order valence-electron chi connectivity index (χ4n) is 2.29. The van der Waals surface area contributed by atoms with E-state index in [9.17, 15) is 0 Å². The second-order valence-electron chi connectivity index (χ2n) is 4.77. The minimum absolute atomic E-state index is 0.189. The topological polar surface area (TPSA) is 79.5 Å². The lowest BCUT2D eigenvalue weighted by atomic mass is 10.1. The SMILES string of the molecule is CCCc1cc(N)nc(-c2cc(OC)c3c(c2)OCO3)n1. The molecule has 6 heteroatoms. The fourth-order valence-corrected chi connectivity index (χ4v) is 2.29. The number of ether oxygens (including phenoxy) is 3. The van der Waals surface area contributed by atoms with Crippen LogP contribution in [0.2, 0.25) is 0 Å². The number of benzene rings is 1. The van der Waals surface area contributed by atoms with Crippen LogP contribution in [0.5, 0.6) is 17.2 Å². The number of aryl methyl sites for hydroxylation is 1. The maximum atomic E-state index is 5.87. The number of hydrogen-bond acceptors (Lipinski definition) is 6. The average molecular weight is 287 g/mol. The zero-order valence-corrected chi connectivity index (χ0v) is 12.0. The summed E-state index contributed by atoms with van der Waals surface area (Å²) in [4.78, 5) is 8.85. The van der Waals surface area contributed by atoms with Gasteiger partial charge in [0.1, 0.15) is 5.82 Å². The minimum atomic E-state index is 0.189. The third-order valence-electron chi connectivity index (χ3n) is 3.22. The summed E-state index contributed by atoms with van der Waals surface area (Å²) in [6.07, 6.45) is 1.86. The van der Waals surface area contributed by atoms with E-state index in [-0.39, 0.29) is 6.79 Å². The molecule has 1 aromatic carbocycles. The predicted octanol–water partition coefficient (Wildman–Crippen LogP) is 2.42. The molecule has 0 unspecified atom stereocenters. The molecule has 3 rings (SSSR count). The van der Waals surface area contributed by atoms with Gasteiger partial charge in [-0.05, 0) is 18.6 Å². The van der Waals surface area contributed by atoms with Crippen LogP contribution in [0.4, 0.5) is 5.82 Å². The van der Waals surface area contributed by atoms with Crippen LogP contribution in [0.15, 0.2) is 18.2 Å². The van der Waals surface area contributed by atoms with Crippen LogP contribution in [-0.2, 0) is 6.42 Å². The molecule has 0 bridgehead atoms. The van der Waals surface area contributed by atoms with Crippen LogP contribution in [0, 0.1) is 0 Å². The maximum Gasteiger partial charge on any atom is 0.231 e. The summed E-state index contributed by atoms with van der Waals surface area (Å²) in [5, 5.41) is 0. The standard InChI is InChI=1S/C15H17N3O3/c1-3-4-10-7-13(16)18-15(17-10)9-5-11(19-2)14-12(6-9)20-8-21-14/h5-7H,3-4,8H2,1-2H3,(H2,16,17,18). The normalized spacial score (nSPS) is 12.5. The van der Waals surface area contributed by atoms with Crippen molar-refractivity contribution in [3.8, 4) is 28.6 Å². The summed E-state index contributed by atoms with van der Waals surface area (Å²) in [6, 6.07) is 5.48. The number of nitrogen functional groups attached to an aromatic ring is 1. The van der Waals surface area contributed by atoms with E-state index in [4.69, 9.17) is 19.9 Å². The van der Waals surface area contributed by atoms with Crippen LogP contribution in [-0.4, -0.2) is 23.9 Å². The molecule has 0 spiro atoms. The van der Waals surface area contributed by atoms with Gasteiger partial charge in [0.15, 0.2) is 17.3 Å². The molecule has 0 amide bonds. The highest BCUT2D eigenvalue weighted by Crippen LogP contribution is 2.43. The molecule has 0 fully saturated rings. The first-order valence-corrected chi connectivity index (χ1v) is 6.82. The maximum absolute atomic E-state index is 5.87. The molecule has 0 atom stereocenters. The van der Waals surface area contributed by atoms with Crippen molar-refractivity contribution in [1.82, 2.24) is 9.97 Å². The Morgan fingerprint density at radius 2 is 2.10 bits per heavy atom. The Morgan fingerprint density at radius 1 is 1.24 bits per heavy atom. The van der Waals surface area contributed by atoms with E-state index in [1.165, 1.54) is 0 Å². The highest BCUT2D eigenvalue weighted by Gasteiger charge is 2.21. The lowest BCUT2D eigenvalue weighted by Crippen LogP contribution is -2.00.